The Bertz CT molecular complexity index is 454. The first-order valence-corrected chi connectivity index (χ1v) is 6.94. The largest absolute Gasteiger partial charge is 0.395 e. The second-order valence-electron chi connectivity index (χ2n) is 5.01. The zero-order valence-electron chi connectivity index (χ0n) is 11.4. The van der Waals surface area contributed by atoms with Crippen LogP contribution >= 0.6 is 0 Å². The van der Waals surface area contributed by atoms with Crippen LogP contribution in [0.5, 0.6) is 0 Å². The first kappa shape index (κ1) is 14.9. The van der Waals surface area contributed by atoms with Crippen LogP contribution in [0.3, 0.4) is 0 Å². The van der Waals surface area contributed by atoms with Crippen molar-refractivity contribution in [2.75, 3.05) is 26.2 Å². The third kappa shape index (κ3) is 3.98. The predicted molar refractivity (Wildman–Crippen MR) is 72.8 cm³/mol. The molecular formula is C14H20FN3O2. The van der Waals surface area contributed by atoms with Crippen molar-refractivity contribution in [3.63, 3.8) is 0 Å². The number of nitrogens with zero attached hydrogens (tertiary/aromatic N) is 2. The number of likely N-dealkylation sites (tertiary alicyclic amines) is 1. The molecule has 1 aromatic heterocycles. The number of amides is 1. The lowest BCUT2D eigenvalue weighted by atomic mass is 10.0. The lowest BCUT2D eigenvalue weighted by Crippen LogP contribution is -2.47. The minimum atomic E-state index is -0.516. The van der Waals surface area contributed by atoms with Gasteiger partial charge >= 0.3 is 0 Å². The van der Waals surface area contributed by atoms with Gasteiger partial charge in [0.25, 0.3) is 5.91 Å². The standard InChI is InChI=1S/C14H20FN3O2/c15-12-7-11(8-16-9-12)14(20)17-10-13-3-1-2-4-18(13)5-6-19/h7-9,13,19H,1-6,10H2,(H,17,20)/t13-/m1/s1. The molecule has 110 valence electrons. The first-order chi connectivity index (χ1) is 9.70. The Morgan fingerprint density at radius 3 is 3.10 bits per heavy atom. The van der Waals surface area contributed by atoms with Crippen LogP contribution in [0.1, 0.15) is 29.6 Å². The molecule has 1 aliphatic heterocycles. The summed E-state index contributed by atoms with van der Waals surface area (Å²) in [5.74, 6) is -0.830. The van der Waals surface area contributed by atoms with Crippen LogP contribution in [0.4, 0.5) is 4.39 Å². The number of aliphatic hydroxyl groups excluding tert-OH is 1. The van der Waals surface area contributed by atoms with E-state index in [0.29, 0.717) is 13.1 Å². The molecule has 2 rings (SSSR count). The molecule has 1 aromatic rings. The van der Waals surface area contributed by atoms with Crippen LogP contribution < -0.4 is 5.32 Å². The molecule has 5 nitrogen and oxygen atoms in total. The number of aromatic nitrogens is 1. The number of piperidine rings is 1. The van der Waals surface area contributed by atoms with E-state index < -0.39 is 5.82 Å². The number of pyridine rings is 1. The van der Waals surface area contributed by atoms with Crippen LogP contribution in [-0.2, 0) is 0 Å². The van der Waals surface area contributed by atoms with Crippen LogP contribution in [0.2, 0.25) is 0 Å². The maximum Gasteiger partial charge on any atom is 0.253 e. The Labute approximate surface area is 117 Å². The van der Waals surface area contributed by atoms with Gasteiger partial charge in [-0.1, -0.05) is 6.42 Å². The summed E-state index contributed by atoms with van der Waals surface area (Å²) in [7, 11) is 0. The average molecular weight is 281 g/mol. The van der Waals surface area contributed by atoms with Gasteiger partial charge in [0.15, 0.2) is 0 Å². The molecule has 1 aliphatic rings. The van der Waals surface area contributed by atoms with Gasteiger partial charge in [-0.25, -0.2) is 4.39 Å². The fourth-order valence-electron chi connectivity index (χ4n) is 2.56. The van der Waals surface area contributed by atoms with Gasteiger partial charge in [0.1, 0.15) is 5.82 Å². The fourth-order valence-corrected chi connectivity index (χ4v) is 2.56. The predicted octanol–water partition coefficient (Wildman–Crippen LogP) is 0.797. The zero-order valence-corrected chi connectivity index (χ0v) is 11.4. The number of rotatable bonds is 5. The Kier molecular flexibility index (Phi) is 5.43. The smallest absolute Gasteiger partial charge is 0.253 e. The van der Waals surface area contributed by atoms with Gasteiger partial charge in [-0.2, -0.15) is 0 Å². The van der Waals surface area contributed by atoms with E-state index in [2.05, 4.69) is 15.2 Å². The van der Waals surface area contributed by atoms with E-state index >= 15 is 0 Å². The van der Waals surface area contributed by atoms with E-state index in [1.54, 1.807) is 0 Å². The molecule has 0 aliphatic carbocycles. The molecule has 0 aromatic carbocycles. The third-order valence-corrected chi connectivity index (χ3v) is 3.60. The van der Waals surface area contributed by atoms with Gasteiger partial charge in [-0.05, 0) is 25.5 Å². The minimum absolute atomic E-state index is 0.123. The molecule has 1 fully saturated rings. The SMILES string of the molecule is O=C(NC[C@H]1CCCCN1CCO)c1cncc(F)c1. The quantitative estimate of drug-likeness (QED) is 0.838. The Hall–Kier alpha value is -1.53. The van der Waals surface area contributed by atoms with E-state index in [0.717, 1.165) is 32.0 Å². The van der Waals surface area contributed by atoms with Crippen LogP contribution in [0.15, 0.2) is 18.5 Å². The molecule has 1 amide bonds. The highest BCUT2D eigenvalue weighted by atomic mass is 19.1. The van der Waals surface area contributed by atoms with E-state index in [1.165, 1.54) is 12.3 Å². The third-order valence-electron chi connectivity index (χ3n) is 3.60. The molecule has 1 atom stereocenters. The number of hydrogen-bond donors (Lipinski definition) is 2. The molecule has 0 radical (unpaired) electrons. The monoisotopic (exact) mass is 281 g/mol. The summed E-state index contributed by atoms with van der Waals surface area (Å²) >= 11 is 0. The summed E-state index contributed by atoms with van der Waals surface area (Å²) in [5.41, 5.74) is 0.231. The first-order valence-electron chi connectivity index (χ1n) is 6.94. The van der Waals surface area contributed by atoms with Crippen LogP contribution in [0, 0.1) is 5.82 Å². The summed E-state index contributed by atoms with van der Waals surface area (Å²) < 4.78 is 13.0. The van der Waals surface area contributed by atoms with Crippen molar-refractivity contribution in [3.8, 4) is 0 Å². The summed E-state index contributed by atoms with van der Waals surface area (Å²) in [6.45, 7) is 2.21. The molecule has 2 N–H and O–H groups in total. The summed E-state index contributed by atoms with van der Waals surface area (Å²) in [5, 5.41) is 11.9. The van der Waals surface area contributed by atoms with Gasteiger partial charge in [0.2, 0.25) is 0 Å². The normalized spacial score (nSPS) is 19.8. The molecule has 1 saturated heterocycles. The van der Waals surface area contributed by atoms with Gasteiger partial charge in [-0.15, -0.1) is 0 Å². The van der Waals surface area contributed by atoms with Crippen molar-refractivity contribution in [1.29, 1.82) is 0 Å². The van der Waals surface area contributed by atoms with E-state index in [-0.39, 0.29) is 24.1 Å². The summed E-state index contributed by atoms with van der Waals surface area (Å²) in [4.78, 5) is 17.8. The maximum atomic E-state index is 13.0. The Morgan fingerprint density at radius 2 is 2.35 bits per heavy atom. The number of hydrogen-bond acceptors (Lipinski definition) is 4. The molecule has 0 unspecified atom stereocenters. The second kappa shape index (κ2) is 7.31. The molecular weight excluding hydrogens is 261 g/mol. The minimum Gasteiger partial charge on any atom is -0.395 e. The Morgan fingerprint density at radius 1 is 1.50 bits per heavy atom. The molecule has 20 heavy (non-hydrogen) atoms. The van der Waals surface area contributed by atoms with Gasteiger partial charge in [0, 0.05) is 25.3 Å². The van der Waals surface area contributed by atoms with Crippen LogP contribution in [-0.4, -0.2) is 53.2 Å². The van der Waals surface area contributed by atoms with Crippen molar-refractivity contribution in [2.24, 2.45) is 0 Å². The van der Waals surface area contributed by atoms with Gasteiger partial charge < -0.3 is 10.4 Å². The van der Waals surface area contributed by atoms with Gasteiger partial charge in [-0.3, -0.25) is 14.7 Å². The average Bonchev–Trinajstić information content (AvgIpc) is 2.46. The lowest BCUT2D eigenvalue weighted by molar-refractivity contribution is 0.0888. The molecule has 0 saturated carbocycles. The van der Waals surface area contributed by atoms with Crippen molar-refractivity contribution >= 4 is 5.91 Å². The maximum absolute atomic E-state index is 13.0. The highest BCUT2D eigenvalue weighted by molar-refractivity contribution is 5.93. The number of nitrogens with one attached hydrogen (secondary N) is 1. The molecule has 0 bridgehead atoms. The lowest BCUT2D eigenvalue weighted by Gasteiger charge is -2.35. The van der Waals surface area contributed by atoms with Crippen molar-refractivity contribution in [1.82, 2.24) is 15.2 Å². The summed E-state index contributed by atoms with van der Waals surface area (Å²) in [6, 6.07) is 1.41. The number of β-amino-alcohol motifs (C(OH)–C–C–N with tert-alkyl or cyclic N) is 1. The van der Waals surface area contributed by atoms with E-state index in [1.807, 2.05) is 0 Å². The molecule has 2 heterocycles. The van der Waals surface area contributed by atoms with E-state index in [4.69, 9.17) is 5.11 Å². The van der Waals surface area contributed by atoms with Gasteiger partial charge in [0.05, 0.1) is 18.4 Å². The topological polar surface area (TPSA) is 65.5 Å². The van der Waals surface area contributed by atoms with E-state index in [9.17, 15) is 9.18 Å². The van der Waals surface area contributed by atoms with Crippen molar-refractivity contribution in [2.45, 2.75) is 25.3 Å². The Balaban J connectivity index is 1.88. The van der Waals surface area contributed by atoms with Crippen molar-refractivity contribution in [3.05, 3.63) is 29.8 Å². The highest BCUT2D eigenvalue weighted by Crippen LogP contribution is 2.16. The summed E-state index contributed by atoms with van der Waals surface area (Å²) in [6.07, 6.45) is 5.68. The second-order valence-corrected chi connectivity index (χ2v) is 5.01. The zero-order chi connectivity index (χ0) is 14.4. The number of carbonyl (C=O) groups excluding carboxylic acids is 1. The number of carbonyl (C=O) groups is 1. The number of aliphatic hydroxyl groups is 1. The van der Waals surface area contributed by atoms with Crippen LogP contribution in [0.25, 0.3) is 0 Å². The molecule has 0 spiro atoms. The van der Waals surface area contributed by atoms with Crippen molar-refractivity contribution < 1.29 is 14.3 Å². The number of halogens is 1. The molecule has 6 heteroatoms. The highest BCUT2D eigenvalue weighted by Gasteiger charge is 2.22. The fraction of sp³-hybridized carbons (Fsp3) is 0.571.